The van der Waals surface area contributed by atoms with Gasteiger partial charge in [-0.25, -0.2) is 4.98 Å². The van der Waals surface area contributed by atoms with E-state index in [0.717, 1.165) is 60.7 Å². The molecule has 216 valence electrons. The van der Waals surface area contributed by atoms with Crippen molar-refractivity contribution in [3.8, 4) is 11.1 Å². The molecule has 3 nitrogen and oxygen atoms in total. The standard InChI is InChI=1S/C42H27N2OP/c45-46(30-13-2-1-3-14-30,31-22-24-33-29(26-31)25-28-12-5-6-15-32(28)33)39-20-10-17-35-36-23-21-27-11-4-7-16-34(27)41(36)44-38-19-9-8-18-37(38)43-42(44)40(35)39/h1-24,26H,25H2. The third kappa shape index (κ3) is 3.44. The highest BCUT2D eigenvalue weighted by atomic mass is 31.2. The Morgan fingerprint density at radius 1 is 0.565 bits per heavy atom. The number of fused-ring (bicyclic) bond motifs is 13. The minimum atomic E-state index is -3.38. The van der Waals surface area contributed by atoms with E-state index < -0.39 is 7.14 Å². The molecule has 0 bridgehead atoms. The smallest absolute Gasteiger partial charge is 0.171 e. The molecule has 4 heteroatoms. The molecule has 2 heterocycles. The van der Waals surface area contributed by atoms with Crippen LogP contribution in [-0.2, 0) is 11.0 Å². The zero-order chi connectivity index (χ0) is 30.4. The van der Waals surface area contributed by atoms with Gasteiger partial charge in [-0.1, -0.05) is 133 Å². The van der Waals surface area contributed by atoms with Gasteiger partial charge in [0.1, 0.15) is 5.65 Å². The molecular weight excluding hydrogens is 579 g/mol. The Morgan fingerprint density at radius 2 is 1.33 bits per heavy atom. The number of pyridine rings is 1. The highest BCUT2D eigenvalue weighted by molar-refractivity contribution is 7.85. The van der Waals surface area contributed by atoms with Gasteiger partial charge in [-0.15, -0.1) is 0 Å². The van der Waals surface area contributed by atoms with Crippen LogP contribution in [0.15, 0.2) is 152 Å². The van der Waals surface area contributed by atoms with E-state index in [0.29, 0.717) is 0 Å². The van der Waals surface area contributed by atoms with Gasteiger partial charge in [0, 0.05) is 32.1 Å². The van der Waals surface area contributed by atoms with Crippen LogP contribution in [0.25, 0.3) is 60.3 Å². The van der Waals surface area contributed by atoms with Crippen LogP contribution in [-0.4, -0.2) is 9.38 Å². The van der Waals surface area contributed by atoms with Crippen molar-refractivity contribution < 1.29 is 4.57 Å². The molecule has 0 saturated heterocycles. The first-order valence-corrected chi connectivity index (χ1v) is 17.4. The molecule has 1 atom stereocenters. The molecule has 10 rings (SSSR count). The van der Waals surface area contributed by atoms with Crippen molar-refractivity contribution in [1.29, 1.82) is 0 Å². The average molecular weight is 607 g/mol. The molecule has 0 radical (unpaired) electrons. The maximum atomic E-state index is 16.3. The molecule has 0 spiro atoms. The number of hydrogen-bond acceptors (Lipinski definition) is 2. The summed E-state index contributed by atoms with van der Waals surface area (Å²) < 4.78 is 18.6. The van der Waals surface area contributed by atoms with Crippen LogP contribution in [0.3, 0.4) is 0 Å². The third-order valence-electron chi connectivity index (χ3n) is 9.84. The fourth-order valence-electron chi connectivity index (χ4n) is 7.79. The fraction of sp³-hybridized carbons (Fsp3) is 0.0238. The summed E-state index contributed by atoms with van der Waals surface area (Å²) in [5, 5.41) is 7.97. The maximum Gasteiger partial charge on any atom is 0.171 e. The Labute approximate surface area is 265 Å². The molecule has 0 N–H and O–H groups in total. The highest BCUT2D eigenvalue weighted by Crippen LogP contribution is 2.48. The van der Waals surface area contributed by atoms with Crippen LogP contribution >= 0.6 is 7.14 Å². The summed E-state index contributed by atoms with van der Waals surface area (Å²) in [7, 11) is -3.38. The fourth-order valence-corrected chi connectivity index (χ4v) is 10.7. The predicted octanol–water partition coefficient (Wildman–Crippen LogP) is 9.16. The molecule has 1 aliphatic carbocycles. The quantitative estimate of drug-likeness (QED) is 0.149. The summed E-state index contributed by atoms with van der Waals surface area (Å²) in [6.07, 6.45) is 0.845. The van der Waals surface area contributed by atoms with Crippen molar-refractivity contribution in [2.45, 2.75) is 6.42 Å². The lowest BCUT2D eigenvalue weighted by Gasteiger charge is -2.23. The largest absolute Gasteiger partial charge is 0.309 e. The SMILES string of the molecule is O=P(c1ccccc1)(c1ccc2c(c1)Cc1ccccc1-2)c1cccc2c3ccc4ccccc4c3n3c4ccccc4nc3c12. The van der Waals surface area contributed by atoms with Crippen molar-refractivity contribution >= 4 is 72.2 Å². The number of benzene rings is 7. The van der Waals surface area contributed by atoms with E-state index in [1.54, 1.807) is 0 Å². The Morgan fingerprint density at radius 3 is 2.26 bits per heavy atom. The van der Waals surface area contributed by atoms with Gasteiger partial charge in [0.15, 0.2) is 7.14 Å². The maximum absolute atomic E-state index is 16.3. The van der Waals surface area contributed by atoms with Gasteiger partial charge in [-0.2, -0.15) is 0 Å². The molecule has 7 aromatic carbocycles. The lowest BCUT2D eigenvalue weighted by Crippen LogP contribution is -2.26. The Hall–Kier alpha value is -5.50. The normalized spacial score (nSPS) is 13.8. The molecule has 0 aliphatic heterocycles. The van der Waals surface area contributed by atoms with E-state index in [1.165, 1.54) is 33.0 Å². The Bertz CT molecular complexity index is 2760. The van der Waals surface area contributed by atoms with Crippen LogP contribution in [0.2, 0.25) is 0 Å². The van der Waals surface area contributed by atoms with Crippen molar-refractivity contribution in [1.82, 2.24) is 9.38 Å². The lowest BCUT2D eigenvalue weighted by atomic mass is 10.0. The summed E-state index contributed by atoms with van der Waals surface area (Å²) in [5.41, 5.74) is 8.97. The van der Waals surface area contributed by atoms with Gasteiger partial charge in [-0.05, 0) is 57.6 Å². The number of para-hydroxylation sites is 2. The minimum Gasteiger partial charge on any atom is -0.309 e. The number of aromatic nitrogens is 2. The van der Waals surface area contributed by atoms with Crippen LogP contribution in [0.1, 0.15) is 11.1 Å². The predicted molar refractivity (Wildman–Crippen MR) is 193 cm³/mol. The molecule has 9 aromatic rings. The third-order valence-corrected chi connectivity index (χ3v) is 12.9. The van der Waals surface area contributed by atoms with Crippen molar-refractivity contribution in [2.24, 2.45) is 0 Å². The zero-order valence-corrected chi connectivity index (χ0v) is 25.8. The first kappa shape index (κ1) is 25.8. The topological polar surface area (TPSA) is 34.4 Å². The van der Waals surface area contributed by atoms with Crippen LogP contribution < -0.4 is 15.9 Å². The van der Waals surface area contributed by atoms with Gasteiger partial charge < -0.3 is 4.57 Å². The summed E-state index contributed by atoms with van der Waals surface area (Å²) in [4.78, 5) is 5.29. The number of nitrogens with zero attached hydrogens (tertiary/aromatic N) is 2. The van der Waals surface area contributed by atoms with E-state index in [9.17, 15) is 0 Å². The number of hydrogen-bond donors (Lipinski definition) is 0. The van der Waals surface area contributed by atoms with Crippen LogP contribution in [0.5, 0.6) is 0 Å². The second kappa shape index (κ2) is 9.50. The molecular formula is C42H27N2OP. The molecule has 1 unspecified atom stereocenters. The van der Waals surface area contributed by atoms with Crippen LogP contribution in [0, 0.1) is 0 Å². The Kier molecular flexibility index (Phi) is 5.33. The summed E-state index contributed by atoms with van der Waals surface area (Å²) >= 11 is 0. The van der Waals surface area contributed by atoms with E-state index in [1.807, 2.05) is 36.4 Å². The number of imidazole rings is 1. The molecule has 46 heavy (non-hydrogen) atoms. The molecule has 1 aliphatic rings. The molecule has 2 aromatic heterocycles. The highest BCUT2D eigenvalue weighted by Gasteiger charge is 2.34. The first-order chi connectivity index (χ1) is 22.7. The minimum absolute atomic E-state index is 0.821. The van der Waals surface area contributed by atoms with Gasteiger partial charge in [0.25, 0.3) is 0 Å². The van der Waals surface area contributed by atoms with Crippen molar-refractivity contribution in [2.75, 3.05) is 0 Å². The second-order valence-corrected chi connectivity index (χ2v) is 15.0. The van der Waals surface area contributed by atoms with Gasteiger partial charge in [0.05, 0.1) is 16.6 Å². The first-order valence-electron chi connectivity index (χ1n) is 15.7. The number of rotatable bonds is 3. The van der Waals surface area contributed by atoms with Crippen molar-refractivity contribution in [3.05, 3.63) is 163 Å². The monoisotopic (exact) mass is 606 g/mol. The van der Waals surface area contributed by atoms with E-state index in [4.69, 9.17) is 4.98 Å². The van der Waals surface area contributed by atoms with E-state index in [2.05, 4.69) is 120 Å². The summed E-state index contributed by atoms with van der Waals surface area (Å²) in [5.74, 6) is 0. The second-order valence-electron chi connectivity index (χ2n) is 12.3. The van der Waals surface area contributed by atoms with E-state index in [-0.39, 0.29) is 0 Å². The van der Waals surface area contributed by atoms with Crippen molar-refractivity contribution in [3.63, 3.8) is 0 Å². The van der Waals surface area contributed by atoms with Gasteiger partial charge in [0.2, 0.25) is 0 Å². The van der Waals surface area contributed by atoms with Crippen LogP contribution in [0.4, 0.5) is 0 Å². The summed E-state index contributed by atoms with van der Waals surface area (Å²) in [6.45, 7) is 0. The zero-order valence-electron chi connectivity index (χ0n) is 24.9. The molecule has 0 saturated carbocycles. The lowest BCUT2D eigenvalue weighted by molar-refractivity contribution is 0.592. The van der Waals surface area contributed by atoms with Gasteiger partial charge in [-0.3, -0.25) is 4.40 Å². The average Bonchev–Trinajstić information content (AvgIpc) is 3.70. The summed E-state index contributed by atoms with van der Waals surface area (Å²) in [6, 6.07) is 52.7. The van der Waals surface area contributed by atoms with E-state index >= 15 is 4.57 Å². The van der Waals surface area contributed by atoms with Gasteiger partial charge >= 0.3 is 0 Å². The Balaban J connectivity index is 1.37. The molecule has 0 amide bonds. The molecule has 0 fully saturated rings.